The van der Waals surface area contributed by atoms with Crippen LogP contribution >= 0.6 is 24.0 Å². The van der Waals surface area contributed by atoms with Crippen LogP contribution in [-0.2, 0) is 0 Å². The highest BCUT2D eigenvalue weighted by Gasteiger charge is 2.21. The van der Waals surface area contributed by atoms with Gasteiger partial charge >= 0.3 is 0 Å². The van der Waals surface area contributed by atoms with Gasteiger partial charge in [-0.15, -0.1) is 12.4 Å². The summed E-state index contributed by atoms with van der Waals surface area (Å²) in [6, 6.07) is 3.64. The topological polar surface area (TPSA) is 98.3 Å². The Morgan fingerprint density at radius 2 is 2.22 bits per heavy atom. The maximum atomic E-state index is 11.7. The average molecular weight is 294 g/mol. The lowest BCUT2D eigenvalue weighted by Crippen LogP contribution is -2.38. The monoisotopic (exact) mass is 293 g/mol. The summed E-state index contributed by atoms with van der Waals surface area (Å²) < 4.78 is 0. The minimum absolute atomic E-state index is 0. The second-order valence-electron chi connectivity index (χ2n) is 3.53. The number of nitro groups is 1. The fourth-order valence-electron chi connectivity index (χ4n) is 1.21. The normalized spacial score (nSPS) is 11.3. The first kappa shape index (κ1) is 16.6. The molecule has 0 aliphatic carbocycles. The maximum absolute atomic E-state index is 11.7. The lowest BCUT2D eigenvalue weighted by molar-refractivity contribution is -0.385. The van der Waals surface area contributed by atoms with Crippen LogP contribution in [0.2, 0.25) is 5.02 Å². The number of nitro benzene ring substituents is 1. The summed E-state index contributed by atoms with van der Waals surface area (Å²) in [4.78, 5) is 21.9. The van der Waals surface area contributed by atoms with Gasteiger partial charge in [-0.05, 0) is 19.1 Å². The molecule has 8 heteroatoms. The summed E-state index contributed by atoms with van der Waals surface area (Å²) in [5.41, 5.74) is 5.00. The van der Waals surface area contributed by atoms with E-state index in [2.05, 4.69) is 5.32 Å². The number of nitrogens with zero attached hydrogens (tertiary/aromatic N) is 1. The molecule has 1 amide bonds. The summed E-state index contributed by atoms with van der Waals surface area (Å²) in [7, 11) is 0. The van der Waals surface area contributed by atoms with Crippen LogP contribution in [0.15, 0.2) is 18.2 Å². The largest absolute Gasteiger partial charge is 0.348 e. The van der Waals surface area contributed by atoms with Crippen molar-refractivity contribution in [3.8, 4) is 0 Å². The van der Waals surface area contributed by atoms with Gasteiger partial charge in [0.1, 0.15) is 5.56 Å². The van der Waals surface area contributed by atoms with E-state index in [0.717, 1.165) is 6.07 Å². The average Bonchev–Trinajstić information content (AvgIpc) is 2.28. The van der Waals surface area contributed by atoms with E-state index in [1.807, 2.05) is 0 Å². The zero-order valence-electron chi connectivity index (χ0n) is 9.55. The van der Waals surface area contributed by atoms with Crippen LogP contribution in [-0.4, -0.2) is 23.4 Å². The molecule has 3 N–H and O–H groups in total. The molecule has 1 rings (SSSR count). The van der Waals surface area contributed by atoms with Gasteiger partial charge in [0.15, 0.2) is 0 Å². The van der Waals surface area contributed by atoms with Gasteiger partial charge in [-0.3, -0.25) is 14.9 Å². The molecule has 0 unspecified atom stereocenters. The SMILES string of the molecule is C[C@H](CN)NC(=O)c1ccc(Cl)cc1[N+](=O)[O-].Cl. The molecule has 0 aromatic heterocycles. The van der Waals surface area contributed by atoms with Crippen LogP contribution in [0.3, 0.4) is 0 Å². The van der Waals surface area contributed by atoms with Crippen molar-refractivity contribution in [1.82, 2.24) is 5.32 Å². The quantitative estimate of drug-likeness (QED) is 0.652. The molecule has 0 saturated carbocycles. The van der Waals surface area contributed by atoms with Crippen molar-refractivity contribution >= 4 is 35.6 Å². The van der Waals surface area contributed by atoms with Crippen molar-refractivity contribution in [2.75, 3.05) is 6.54 Å². The third-order valence-electron chi connectivity index (χ3n) is 2.13. The molecular formula is C10H13Cl2N3O3. The van der Waals surface area contributed by atoms with Crippen LogP contribution in [0.5, 0.6) is 0 Å². The zero-order valence-corrected chi connectivity index (χ0v) is 11.1. The number of halogens is 2. The van der Waals surface area contributed by atoms with Gasteiger partial charge in [0, 0.05) is 23.7 Å². The number of nitrogens with one attached hydrogen (secondary N) is 1. The van der Waals surface area contributed by atoms with E-state index in [4.69, 9.17) is 17.3 Å². The molecule has 0 aliphatic rings. The third kappa shape index (κ3) is 4.14. The fraction of sp³-hybridized carbons (Fsp3) is 0.300. The molecule has 18 heavy (non-hydrogen) atoms. The highest BCUT2D eigenvalue weighted by Crippen LogP contribution is 2.23. The molecule has 1 aromatic carbocycles. The summed E-state index contributed by atoms with van der Waals surface area (Å²) in [6.45, 7) is 1.97. The molecule has 0 saturated heterocycles. The van der Waals surface area contributed by atoms with Crippen LogP contribution in [0, 0.1) is 10.1 Å². The number of amides is 1. The Hall–Kier alpha value is -1.37. The second-order valence-corrected chi connectivity index (χ2v) is 3.97. The van der Waals surface area contributed by atoms with Crippen molar-refractivity contribution in [3.63, 3.8) is 0 Å². The first-order valence-electron chi connectivity index (χ1n) is 4.90. The molecule has 0 radical (unpaired) electrons. The second kappa shape index (κ2) is 7.15. The molecular weight excluding hydrogens is 281 g/mol. The smallest absolute Gasteiger partial charge is 0.283 e. The summed E-state index contributed by atoms with van der Waals surface area (Å²) in [5.74, 6) is -0.536. The van der Waals surface area contributed by atoms with E-state index in [9.17, 15) is 14.9 Å². The number of carbonyl (C=O) groups is 1. The summed E-state index contributed by atoms with van der Waals surface area (Å²) >= 11 is 5.64. The minimum Gasteiger partial charge on any atom is -0.348 e. The molecule has 1 atom stereocenters. The Labute approximate surface area is 115 Å². The van der Waals surface area contributed by atoms with E-state index in [0.29, 0.717) is 0 Å². The maximum Gasteiger partial charge on any atom is 0.283 e. The fourth-order valence-corrected chi connectivity index (χ4v) is 1.37. The first-order chi connectivity index (χ1) is 7.95. The van der Waals surface area contributed by atoms with Crippen molar-refractivity contribution in [2.45, 2.75) is 13.0 Å². The van der Waals surface area contributed by atoms with E-state index in [-0.39, 0.29) is 41.3 Å². The van der Waals surface area contributed by atoms with E-state index in [1.54, 1.807) is 6.92 Å². The van der Waals surface area contributed by atoms with Crippen LogP contribution in [0.4, 0.5) is 5.69 Å². The Morgan fingerprint density at radius 1 is 1.61 bits per heavy atom. The van der Waals surface area contributed by atoms with Gasteiger partial charge in [0.25, 0.3) is 11.6 Å². The number of rotatable bonds is 4. The molecule has 0 heterocycles. The lowest BCUT2D eigenvalue weighted by Gasteiger charge is -2.11. The van der Waals surface area contributed by atoms with Gasteiger partial charge in [0.05, 0.1) is 4.92 Å². The zero-order chi connectivity index (χ0) is 13.0. The number of hydrogen-bond acceptors (Lipinski definition) is 4. The van der Waals surface area contributed by atoms with Gasteiger partial charge in [-0.2, -0.15) is 0 Å². The van der Waals surface area contributed by atoms with Gasteiger partial charge in [-0.25, -0.2) is 0 Å². The predicted molar refractivity (Wildman–Crippen MR) is 71.3 cm³/mol. The Balaban J connectivity index is 0.00000289. The molecule has 1 aromatic rings. The Bertz CT molecular complexity index is 454. The minimum atomic E-state index is -0.645. The molecule has 6 nitrogen and oxygen atoms in total. The van der Waals surface area contributed by atoms with Crippen molar-refractivity contribution < 1.29 is 9.72 Å². The van der Waals surface area contributed by atoms with E-state index < -0.39 is 10.8 Å². The van der Waals surface area contributed by atoms with Crippen molar-refractivity contribution in [3.05, 3.63) is 38.9 Å². The molecule has 100 valence electrons. The molecule has 0 fully saturated rings. The van der Waals surface area contributed by atoms with Gasteiger partial charge < -0.3 is 11.1 Å². The lowest BCUT2D eigenvalue weighted by atomic mass is 10.1. The molecule has 0 bridgehead atoms. The van der Waals surface area contributed by atoms with Gasteiger partial charge in [0.2, 0.25) is 0 Å². The van der Waals surface area contributed by atoms with Crippen LogP contribution in [0.1, 0.15) is 17.3 Å². The number of carbonyl (C=O) groups excluding carboxylic acids is 1. The van der Waals surface area contributed by atoms with Crippen LogP contribution in [0.25, 0.3) is 0 Å². The van der Waals surface area contributed by atoms with E-state index >= 15 is 0 Å². The molecule has 0 aliphatic heterocycles. The number of nitrogens with two attached hydrogens (primary N) is 1. The summed E-state index contributed by atoms with van der Waals surface area (Å²) in [5, 5.41) is 13.5. The number of benzene rings is 1. The van der Waals surface area contributed by atoms with Crippen molar-refractivity contribution in [2.24, 2.45) is 5.73 Å². The Kier molecular flexibility index (Phi) is 6.61. The Morgan fingerprint density at radius 3 is 2.72 bits per heavy atom. The highest BCUT2D eigenvalue weighted by atomic mass is 35.5. The highest BCUT2D eigenvalue weighted by molar-refractivity contribution is 6.31. The first-order valence-corrected chi connectivity index (χ1v) is 5.28. The van der Waals surface area contributed by atoms with E-state index in [1.165, 1.54) is 12.1 Å². The summed E-state index contributed by atoms with van der Waals surface area (Å²) in [6.07, 6.45) is 0. The van der Waals surface area contributed by atoms with Gasteiger partial charge in [-0.1, -0.05) is 11.6 Å². The number of hydrogen-bond donors (Lipinski definition) is 2. The molecule has 0 spiro atoms. The van der Waals surface area contributed by atoms with Crippen LogP contribution < -0.4 is 11.1 Å². The van der Waals surface area contributed by atoms with Crippen molar-refractivity contribution in [1.29, 1.82) is 0 Å². The predicted octanol–water partition coefficient (Wildman–Crippen LogP) is 1.75. The standard InChI is InChI=1S/C10H12ClN3O3.ClH/c1-6(5-12)13-10(15)8-3-2-7(11)4-9(8)14(16)17;/h2-4,6H,5,12H2,1H3,(H,13,15);1H/t6-;/m1./s1. The third-order valence-corrected chi connectivity index (χ3v) is 2.37.